The van der Waals surface area contributed by atoms with E-state index in [1.54, 1.807) is 0 Å². The van der Waals surface area contributed by atoms with Gasteiger partial charge in [-0.25, -0.2) is 8.78 Å². The predicted molar refractivity (Wildman–Crippen MR) is 54.9 cm³/mol. The molecule has 0 bridgehead atoms. The van der Waals surface area contributed by atoms with E-state index >= 15 is 0 Å². The van der Waals surface area contributed by atoms with Crippen LogP contribution in [0.3, 0.4) is 0 Å². The average molecular weight is 215 g/mol. The van der Waals surface area contributed by atoms with Crippen molar-refractivity contribution in [3.63, 3.8) is 0 Å². The number of hydrogen-bond acceptors (Lipinski definition) is 2. The Balaban J connectivity index is 2.84. The number of rotatable bonds is 5. The highest BCUT2D eigenvalue weighted by atomic mass is 19.1. The predicted octanol–water partition coefficient (Wildman–Crippen LogP) is 2.25. The van der Waals surface area contributed by atoms with Crippen molar-refractivity contribution in [3.8, 4) is 5.75 Å². The maximum atomic E-state index is 13.4. The molecule has 0 fully saturated rings. The first-order valence-electron chi connectivity index (χ1n) is 4.91. The third kappa shape index (κ3) is 3.16. The van der Waals surface area contributed by atoms with Crippen molar-refractivity contribution >= 4 is 0 Å². The van der Waals surface area contributed by atoms with Crippen LogP contribution in [0.15, 0.2) is 12.1 Å². The Hall–Kier alpha value is -1.16. The number of unbranched alkanes of at least 4 members (excludes halogenated alkanes) is 1. The molecule has 1 aromatic rings. The number of nitrogens with two attached hydrogens (primary N) is 1. The lowest BCUT2D eigenvalue weighted by atomic mass is 10.1. The van der Waals surface area contributed by atoms with Gasteiger partial charge in [0.05, 0.1) is 7.11 Å². The van der Waals surface area contributed by atoms with Gasteiger partial charge < -0.3 is 10.5 Å². The quantitative estimate of drug-likeness (QED) is 0.764. The zero-order chi connectivity index (χ0) is 11.3. The molecule has 15 heavy (non-hydrogen) atoms. The van der Waals surface area contributed by atoms with Crippen molar-refractivity contribution in [1.82, 2.24) is 0 Å². The number of ether oxygens (including phenoxy) is 1. The average Bonchev–Trinajstić information content (AvgIpc) is 2.20. The van der Waals surface area contributed by atoms with Crippen molar-refractivity contribution < 1.29 is 13.5 Å². The zero-order valence-electron chi connectivity index (χ0n) is 8.72. The highest BCUT2D eigenvalue weighted by molar-refractivity contribution is 5.35. The first kappa shape index (κ1) is 11.9. The van der Waals surface area contributed by atoms with Crippen molar-refractivity contribution in [2.45, 2.75) is 19.3 Å². The molecule has 0 spiro atoms. The Labute approximate surface area is 88.0 Å². The summed E-state index contributed by atoms with van der Waals surface area (Å²) in [6.45, 7) is 0.575. The molecule has 0 aliphatic heterocycles. The van der Waals surface area contributed by atoms with Crippen LogP contribution in [-0.4, -0.2) is 13.7 Å². The lowest BCUT2D eigenvalue weighted by Gasteiger charge is -2.09. The SMILES string of the molecule is COc1cc(F)cc(F)c1CCCCN. The van der Waals surface area contributed by atoms with Gasteiger partial charge in [0.2, 0.25) is 0 Å². The second-order valence-electron chi connectivity index (χ2n) is 3.31. The van der Waals surface area contributed by atoms with E-state index < -0.39 is 11.6 Å². The van der Waals surface area contributed by atoms with E-state index in [1.165, 1.54) is 13.2 Å². The summed E-state index contributed by atoms with van der Waals surface area (Å²) >= 11 is 0. The summed E-state index contributed by atoms with van der Waals surface area (Å²) in [5, 5.41) is 0. The highest BCUT2D eigenvalue weighted by Crippen LogP contribution is 2.24. The lowest BCUT2D eigenvalue weighted by molar-refractivity contribution is 0.398. The summed E-state index contributed by atoms with van der Waals surface area (Å²) < 4.78 is 31.1. The van der Waals surface area contributed by atoms with Crippen LogP contribution in [-0.2, 0) is 6.42 Å². The van der Waals surface area contributed by atoms with Crippen LogP contribution in [0.2, 0.25) is 0 Å². The van der Waals surface area contributed by atoms with Gasteiger partial charge in [0, 0.05) is 17.7 Å². The summed E-state index contributed by atoms with van der Waals surface area (Å²) in [4.78, 5) is 0. The van der Waals surface area contributed by atoms with E-state index in [1.807, 2.05) is 0 Å². The molecular weight excluding hydrogens is 200 g/mol. The lowest BCUT2D eigenvalue weighted by Crippen LogP contribution is -2.02. The molecule has 0 radical (unpaired) electrons. The molecule has 2 nitrogen and oxygen atoms in total. The molecule has 0 aromatic heterocycles. The van der Waals surface area contributed by atoms with Crippen molar-refractivity contribution in [2.24, 2.45) is 5.73 Å². The van der Waals surface area contributed by atoms with Crippen molar-refractivity contribution in [1.29, 1.82) is 0 Å². The molecule has 0 unspecified atom stereocenters. The van der Waals surface area contributed by atoms with Gasteiger partial charge in [0.15, 0.2) is 0 Å². The minimum Gasteiger partial charge on any atom is -0.496 e. The number of hydrogen-bond donors (Lipinski definition) is 1. The summed E-state index contributed by atoms with van der Waals surface area (Å²) in [5.74, 6) is -0.902. The summed E-state index contributed by atoms with van der Waals surface area (Å²) in [6.07, 6.45) is 2.11. The normalized spacial score (nSPS) is 10.4. The monoisotopic (exact) mass is 215 g/mol. The zero-order valence-corrected chi connectivity index (χ0v) is 8.72. The maximum absolute atomic E-state index is 13.4. The van der Waals surface area contributed by atoms with Gasteiger partial charge in [-0.15, -0.1) is 0 Å². The fourth-order valence-corrected chi connectivity index (χ4v) is 1.45. The van der Waals surface area contributed by atoms with Crippen LogP contribution in [0, 0.1) is 11.6 Å². The molecular formula is C11H15F2NO. The molecule has 2 N–H and O–H groups in total. The largest absolute Gasteiger partial charge is 0.496 e. The van der Waals surface area contributed by atoms with Gasteiger partial charge in [-0.3, -0.25) is 0 Å². The van der Waals surface area contributed by atoms with E-state index in [2.05, 4.69) is 0 Å². The van der Waals surface area contributed by atoms with Gasteiger partial charge in [-0.05, 0) is 25.8 Å². The Kier molecular flexibility index (Phi) is 4.49. The van der Waals surface area contributed by atoms with Gasteiger partial charge >= 0.3 is 0 Å². The molecule has 0 atom stereocenters. The fourth-order valence-electron chi connectivity index (χ4n) is 1.45. The van der Waals surface area contributed by atoms with E-state index in [0.717, 1.165) is 18.9 Å². The van der Waals surface area contributed by atoms with Crippen LogP contribution in [0.25, 0.3) is 0 Å². The van der Waals surface area contributed by atoms with E-state index in [9.17, 15) is 8.78 Å². The molecule has 1 aromatic carbocycles. The van der Waals surface area contributed by atoms with Crippen LogP contribution in [0.1, 0.15) is 18.4 Å². The molecule has 0 amide bonds. The summed E-state index contributed by atoms with van der Waals surface area (Å²) in [6, 6.07) is 2.07. The van der Waals surface area contributed by atoms with E-state index in [0.29, 0.717) is 18.5 Å². The molecule has 0 aliphatic carbocycles. The van der Waals surface area contributed by atoms with Crippen LogP contribution in [0.4, 0.5) is 8.78 Å². The smallest absolute Gasteiger partial charge is 0.133 e. The third-order valence-corrected chi connectivity index (χ3v) is 2.22. The molecule has 0 saturated carbocycles. The molecule has 1 rings (SSSR count). The van der Waals surface area contributed by atoms with Crippen molar-refractivity contribution in [2.75, 3.05) is 13.7 Å². The topological polar surface area (TPSA) is 35.2 Å². The minimum absolute atomic E-state index is 0.268. The van der Waals surface area contributed by atoms with Gasteiger partial charge in [0.25, 0.3) is 0 Å². The van der Waals surface area contributed by atoms with Crippen LogP contribution < -0.4 is 10.5 Å². The number of methoxy groups -OCH3 is 1. The molecule has 0 aliphatic rings. The standard InChI is InChI=1S/C11H15F2NO/c1-15-11-7-8(12)6-10(13)9(11)4-2-3-5-14/h6-7H,2-5,14H2,1H3. The Morgan fingerprint density at radius 1 is 1.27 bits per heavy atom. The van der Waals surface area contributed by atoms with Gasteiger partial charge in [-0.2, -0.15) is 0 Å². The number of benzene rings is 1. The fraction of sp³-hybridized carbons (Fsp3) is 0.455. The summed E-state index contributed by atoms with van der Waals surface area (Å²) in [5.41, 5.74) is 5.76. The summed E-state index contributed by atoms with van der Waals surface area (Å²) in [7, 11) is 1.40. The first-order valence-corrected chi connectivity index (χ1v) is 4.91. The highest BCUT2D eigenvalue weighted by Gasteiger charge is 2.11. The first-order chi connectivity index (χ1) is 7.19. The van der Waals surface area contributed by atoms with E-state index in [4.69, 9.17) is 10.5 Å². The number of halogens is 2. The van der Waals surface area contributed by atoms with E-state index in [-0.39, 0.29) is 5.75 Å². The molecule has 84 valence electrons. The minimum atomic E-state index is -0.619. The maximum Gasteiger partial charge on any atom is 0.133 e. The Morgan fingerprint density at radius 2 is 2.00 bits per heavy atom. The van der Waals surface area contributed by atoms with Crippen LogP contribution >= 0.6 is 0 Å². The Morgan fingerprint density at radius 3 is 2.60 bits per heavy atom. The molecule has 0 saturated heterocycles. The molecule has 4 heteroatoms. The third-order valence-electron chi connectivity index (χ3n) is 2.22. The second-order valence-corrected chi connectivity index (χ2v) is 3.31. The van der Waals surface area contributed by atoms with Gasteiger partial charge in [-0.1, -0.05) is 0 Å². The molecule has 0 heterocycles. The Bertz CT molecular complexity index is 329. The van der Waals surface area contributed by atoms with Gasteiger partial charge in [0.1, 0.15) is 17.4 Å². The van der Waals surface area contributed by atoms with Crippen molar-refractivity contribution in [3.05, 3.63) is 29.3 Å². The van der Waals surface area contributed by atoms with Crippen LogP contribution in [0.5, 0.6) is 5.75 Å². The second kappa shape index (κ2) is 5.66.